The lowest BCUT2D eigenvalue weighted by atomic mass is 9.99. The summed E-state index contributed by atoms with van der Waals surface area (Å²) in [5.41, 5.74) is 8.08. The predicted octanol–water partition coefficient (Wildman–Crippen LogP) is 7.64. The van der Waals surface area contributed by atoms with E-state index in [0.29, 0.717) is 0 Å². The Bertz CT molecular complexity index is 1100. The minimum absolute atomic E-state index is 1.08. The quantitative estimate of drug-likeness (QED) is 0.320. The summed E-state index contributed by atoms with van der Waals surface area (Å²) in [6, 6.07) is 33.9. The molecule has 1 aliphatic rings. The number of para-hydroxylation sites is 4. The summed E-state index contributed by atoms with van der Waals surface area (Å²) in [6.07, 6.45) is 0. The van der Waals surface area contributed by atoms with Crippen LogP contribution in [0, 0.1) is 0 Å². The maximum Gasteiger partial charge on any atom is 0.0709 e. The number of halogens is 1. The summed E-state index contributed by atoms with van der Waals surface area (Å²) in [7, 11) is 0. The van der Waals surface area contributed by atoms with Gasteiger partial charge in [0.2, 0.25) is 0 Å². The molecule has 2 nitrogen and oxygen atoms in total. The Balaban J connectivity index is 1.75. The van der Waals surface area contributed by atoms with Gasteiger partial charge < -0.3 is 10.2 Å². The van der Waals surface area contributed by atoms with Crippen molar-refractivity contribution in [1.82, 2.24) is 0 Å². The van der Waals surface area contributed by atoms with Crippen LogP contribution in [0.5, 0.6) is 0 Å². The van der Waals surface area contributed by atoms with Crippen LogP contribution < -0.4 is 10.2 Å². The highest BCUT2D eigenvalue weighted by Gasteiger charge is 2.25. The normalized spacial score (nSPS) is 12.1. The van der Waals surface area contributed by atoms with Crippen molar-refractivity contribution in [2.45, 2.75) is 0 Å². The summed E-state index contributed by atoms with van der Waals surface area (Å²) < 4.78 is 1.08. The van der Waals surface area contributed by atoms with E-state index in [-0.39, 0.29) is 0 Å². The molecule has 4 aromatic carbocycles. The SMILES string of the molecule is Brc1ccc(-c2cccc3c2Nc2ccccc2N3c2ccccc2)cc1. The molecule has 0 saturated carbocycles. The first-order valence-electron chi connectivity index (χ1n) is 8.91. The van der Waals surface area contributed by atoms with Crippen LogP contribution in [0.3, 0.4) is 0 Å². The van der Waals surface area contributed by atoms with Gasteiger partial charge in [0.1, 0.15) is 0 Å². The van der Waals surface area contributed by atoms with Crippen LogP contribution in [-0.2, 0) is 0 Å². The van der Waals surface area contributed by atoms with Crippen molar-refractivity contribution >= 4 is 44.4 Å². The van der Waals surface area contributed by atoms with Crippen molar-refractivity contribution < 1.29 is 0 Å². The Labute approximate surface area is 167 Å². The number of nitrogens with one attached hydrogen (secondary N) is 1. The van der Waals surface area contributed by atoms with Crippen LogP contribution in [0.1, 0.15) is 0 Å². The van der Waals surface area contributed by atoms with Gasteiger partial charge in [0, 0.05) is 15.7 Å². The molecule has 0 saturated heterocycles. The van der Waals surface area contributed by atoms with Gasteiger partial charge in [-0.05, 0) is 48.0 Å². The van der Waals surface area contributed by atoms with Crippen LogP contribution in [0.4, 0.5) is 28.4 Å². The van der Waals surface area contributed by atoms with E-state index in [0.717, 1.165) is 32.9 Å². The Morgan fingerprint density at radius 1 is 0.630 bits per heavy atom. The van der Waals surface area contributed by atoms with Crippen molar-refractivity contribution in [1.29, 1.82) is 0 Å². The summed E-state index contributed by atoms with van der Waals surface area (Å²) in [5, 5.41) is 3.67. The summed E-state index contributed by atoms with van der Waals surface area (Å²) in [5.74, 6) is 0. The largest absolute Gasteiger partial charge is 0.352 e. The van der Waals surface area contributed by atoms with E-state index in [1.165, 1.54) is 11.1 Å². The smallest absolute Gasteiger partial charge is 0.0709 e. The molecule has 0 unspecified atom stereocenters. The fourth-order valence-corrected chi connectivity index (χ4v) is 3.89. The van der Waals surface area contributed by atoms with Gasteiger partial charge in [-0.25, -0.2) is 0 Å². The lowest BCUT2D eigenvalue weighted by Crippen LogP contribution is -2.18. The maximum absolute atomic E-state index is 3.67. The van der Waals surface area contributed by atoms with E-state index in [4.69, 9.17) is 0 Å². The number of anilines is 5. The van der Waals surface area contributed by atoms with Crippen molar-refractivity contribution in [2.24, 2.45) is 0 Å². The predicted molar refractivity (Wildman–Crippen MR) is 118 cm³/mol. The van der Waals surface area contributed by atoms with Gasteiger partial charge in [0.25, 0.3) is 0 Å². The Hall–Kier alpha value is -3.04. The van der Waals surface area contributed by atoms with Crippen molar-refractivity contribution in [3.8, 4) is 11.1 Å². The molecule has 0 bridgehead atoms. The lowest BCUT2D eigenvalue weighted by molar-refractivity contribution is 1.25. The molecule has 0 fully saturated rings. The second-order valence-corrected chi connectivity index (χ2v) is 7.44. The highest BCUT2D eigenvalue weighted by atomic mass is 79.9. The van der Waals surface area contributed by atoms with E-state index in [1.54, 1.807) is 0 Å². The zero-order valence-corrected chi connectivity index (χ0v) is 16.1. The first-order valence-corrected chi connectivity index (χ1v) is 9.71. The first kappa shape index (κ1) is 16.2. The average molecular weight is 413 g/mol. The van der Waals surface area contributed by atoms with Gasteiger partial charge in [-0.1, -0.05) is 70.5 Å². The molecule has 3 heteroatoms. The maximum atomic E-state index is 3.67. The minimum atomic E-state index is 1.08. The molecular formula is C24H17BrN2. The number of hydrogen-bond acceptors (Lipinski definition) is 2. The van der Waals surface area contributed by atoms with E-state index < -0.39 is 0 Å². The topological polar surface area (TPSA) is 15.3 Å². The summed E-state index contributed by atoms with van der Waals surface area (Å²) >= 11 is 3.53. The third-order valence-electron chi connectivity index (χ3n) is 4.86. The molecular weight excluding hydrogens is 396 g/mol. The number of rotatable bonds is 2. The van der Waals surface area contributed by atoms with Gasteiger partial charge >= 0.3 is 0 Å². The highest BCUT2D eigenvalue weighted by molar-refractivity contribution is 9.10. The van der Waals surface area contributed by atoms with Crippen LogP contribution >= 0.6 is 15.9 Å². The van der Waals surface area contributed by atoms with E-state index >= 15 is 0 Å². The number of benzene rings is 4. The highest BCUT2D eigenvalue weighted by Crippen LogP contribution is 2.50. The third-order valence-corrected chi connectivity index (χ3v) is 5.39. The second kappa shape index (κ2) is 6.60. The summed E-state index contributed by atoms with van der Waals surface area (Å²) in [4.78, 5) is 2.32. The number of hydrogen-bond donors (Lipinski definition) is 1. The van der Waals surface area contributed by atoms with Crippen molar-refractivity contribution in [2.75, 3.05) is 10.2 Å². The molecule has 1 heterocycles. The molecule has 1 aliphatic heterocycles. The Morgan fingerprint density at radius 3 is 2.15 bits per heavy atom. The minimum Gasteiger partial charge on any atom is -0.352 e. The zero-order valence-electron chi connectivity index (χ0n) is 14.6. The van der Waals surface area contributed by atoms with E-state index in [9.17, 15) is 0 Å². The van der Waals surface area contributed by atoms with Gasteiger partial charge in [-0.3, -0.25) is 0 Å². The van der Waals surface area contributed by atoms with E-state index in [1.807, 2.05) is 0 Å². The second-order valence-electron chi connectivity index (χ2n) is 6.52. The van der Waals surface area contributed by atoms with Gasteiger partial charge in [0.15, 0.2) is 0 Å². The Kier molecular flexibility index (Phi) is 3.95. The van der Waals surface area contributed by atoms with Crippen molar-refractivity contribution in [3.05, 3.63) is 102 Å². The van der Waals surface area contributed by atoms with Crippen LogP contribution in [0.25, 0.3) is 11.1 Å². The molecule has 130 valence electrons. The molecule has 0 aliphatic carbocycles. The van der Waals surface area contributed by atoms with Crippen LogP contribution in [-0.4, -0.2) is 0 Å². The van der Waals surface area contributed by atoms with Crippen LogP contribution in [0.15, 0.2) is 102 Å². The zero-order chi connectivity index (χ0) is 18.2. The summed E-state index contributed by atoms with van der Waals surface area (Å²) in [6.45, 7) is 0. The molecule has 5 rings (SSSR count). The van der Waals surface area contributed by atoms with E-state index in [2.05, 4.69) is 123 Å². The molecule has 0 aromatic heterocycles. The number of fused-ring (bicyclic) bond motifs is 2. The fraction of sp³-hybridized carbons (Fsp3) is 0. The first-order chi connectivity index (χ1) is 13.3. The molecule has 4 aromatic rings. The van der Waals surface area contributed by atoms with Gasteiger partial charge in [-0.15, -0.1) is 0 Å². The molecule has 27 heavy (non-hydrogen) atoms. The average Bonchev–Trinajstić information content (AvgIpc) is 2.73. The Morgan fingerprint density at radius 2 is 1.33 bits per heavy atom. The lowest BCUT2D eigenvalue weighted by Gasteiger charge is -2.35. The fourth-order valence-electron chi connectivity index (χ4n) is 3.62. The number of nitrogens with zero attached hydrogens (tertiary/aromatic N) is 1. The monoisotopic (exact) mass is 412 g/mol. The van der Waals surface area contributed by atoms with Crippen molar-refractivity contribution in [3.63, 3.8) is 0 Å². The van der Waals surface area contributed by atoms with Gasteiger partial charge in [-0.2, -0.15) is 0 Å². The molecule has 0 spiro atoms. The molecule has 0 radical (unpaired) electrons. The molecule has 0 amide bonds. The van der Waals surface area contributed by atoms with Gasteiger partial charge in [0.05, 0.1) is 22.7 Å². The van der Waals surface area contributed by atoms with Crippen LogP contribution in [0.2, 0.25) is 0 Å². The standard InChI is InChI=1S/C24H17BrN2/c25-18-15-13-17(14-16-18)20-9-6-12-23-24(20)26-21-10-4-5-11-22(21)27(23)19-7-2-1-3-8-19/h1-16,26H. The molecule has 0 atom stereocenters. The molecule has 1 N–H and O–H groups in total. The third kappa shape index (κ3) is 2.81.